The molecular weight excluding hydrogens is 266 g/mol. The molecule has 0 amide bonds. The molecule has 2 aromatic heterocycles. The minimum Gasteiger partial charge on any atom is -0.339 e. The van der Waals surface area contributed by atoms with E-state index < -0.39 is 0 Å². The van der Waals surface area contributed by atoms with Gasteiger partial charge in [-0.25, -0.2) is 0 Å². The van der Waals surface area contributed by atoms with Crippen molar-refractivity contribution in [1.82, 2.24) is 25.2 Å². The van der Waals surface area contributed by atoms with E-state index in [4.69, 9.17) is 4.52 Å². The molecule has 0 N–H and O–H groups in total. The smallest absolute Gasteiger partial charge is 0.227 e. The first-order chi connectivity index (χ1) is 10.2. The Morgan fingerprint density at radius 2 is 2.05 bits per heavy atom. The van der Waals surface area contributed by atoms with Crippen molar-refractivity contribution in [2.24, 2.45) is 5.92 Å². The van der Waals surface area contributed by atoms with Crippen molar-refractivity contribution >= 4 is 0 Å². The highest BCUT2D eigenvalue weighted by Crippen LogP contribution is 2.22. The predicted octanol–water partition coefficient (Wildman–Crippen LogP) is 2.11. The summed E-state index contributed by atoms with van der Waals surface area (Å²) in [6.45, 7) is 4.29. The van der Waals surface area contributed by atoms with Gasteiger partial charge in [0.25, 0.3) is 0 Å². The molecule has 0 aromatic carbocycles. The van der Waals surface area contributed by atoms with Crippen LogP contribution in [0.3, 0.4) is 0 Å². The van der Waals surface area contributed by atoms with Crippen LogP contribution in [0.15, 0.2) is 16.7 Å². The number of likely N-dealkylation sites (tertiary alicyclic amines) is 1. The monoisotopic (exact) mass is 287 g/mol. The molecule has 0 unspecified atom stereocenters. The zero-order valence-electron chi connectivity index (χ0n) is 12.6. The van der Waals surface area contributed by atoms with Crippen molar-refractivity contribution < 1.29 is 4.52 Å². The van der Waals surface area contributed by atoms with Crippen molar-refractivity contribution in [3.63, 3.8) is 0 Å². The van der Waals surface area contributed by atoms with Gasteiger partial charge in [-0.15, -0.1) is 5.10 Å². The third kappa shape index (κ3) is 3.64. The first-order valence-corrected chi connectivity index (χ1v) is 7.52. The lowest BCUT2D eigenvalue weighted by Gasteiger charge is -2.28. The zero-order chi connectivity index (χ0) is 14.7. The summed E-state index contributed by atoms with van der Waals surface area (Å²) in [6.07, 6.45) is 4.50. The first-order valence-electron chi connectivity index (χ1n) is 7.52. The highest BCUT2D eigenvalue weighted by molar-refractivity contribution is 5.46. The normalized spacial score (nSPS) is 17.2. The molecule has 0 saturated carbocycles. The Balaban J connectivity index is 1.56. The summed E-state index contributed by atoms with van der Waals surface area (Å²) in [5, 5.41) is 12.1. The SMILES string of the molecule is Cc1ccc(-c2noc(CCC3CCN(C)CC3)n2)nn1. The van der Waals surface area contributed by atoms with Crippen molar-refractivity contribution in [2.45, 2.75) is 32.6 Å². The van der Waals surface area contributed by atoms with Crippen LogP contribution in [0.2, 0.25) is 0 Å². The van der Waals surface area contributed by atoms with Crippen LogP contribution in [0.1, 0.15) is 30.8 Å². The maximum atomic E-state index is 5.32. The third-order valence-electron chi connectivity index (χ3n) is 4.10. The van der Waals surface area contributed by atoms with E-state index in [1.807, 2.05) is 19.1 Å². The molecule has 3 heterocycles. The second-order valence-corrected chi connectivity index (χ2v) is 5.86. The fourth-order valence-corrected chi connectivity index (χ4v) is 2.66. The Bertz CT molecular complexity index is 572. The van der Waals surface area contributed by atoms with Gasteiger partial charge in [0.1, 0.15) is 5.69 Å². The minimum absolute atomic E-state index is 0.529. The highest BCUT2D eigenvalue weighted by Gasteiger charge is 2.18. The molecule has 6 heteroatoms. The van der Waals surface area contributed by atoms with Crippen LogP contribution in [0.5, 0.6) is 0 Å². The first kappa shape index (κ1) is 14.1. The number of hydrogen-bond acceptors (Lipinski definition) is 6. The van der Waals surface area contributed by atoms with Crippen molar-refractivity contribution in [2.75, 3.05) is 20.1 Å². The van der Waals surface area contributed by atoms with Crippen LogP contribution in [-0.4, -0.2) is 45.4 Å². The van der Waals surface area contributed by atoms with Crippen LogP contribution >= 0.6 is 0 Å². The lowest BCUT2D eigenvalue weighted by Crippen LogP contribution is -2.30. The van der Waals surface area contributed by atoms with E-state index in [1.165, 1.54) is 25.9 Å². The number of hydrogen-bond donors (Lipinski definition) is 0. The molecule has 112 valence electrons. The maximum Gasteiger partial charge on any atom is 0.227 e. The van der Waals surface area contributed by atoms with Gasteiger partial charge in [-0.05, 0) is 64.4 Å². The Labute approximate surface area is 124 Å². The number of piperidine rings is 1. The highest BCUT2D eigenvalue weighted by atomic mass is 16.5. The molecule has 2 aromatic rings. The van der Waals surface area contributed by atoms with Crippen LogP contribution in [0.25, 0.3) is 11.5 Å². The standard InChI is InChI=1S/C15H21N5O/c1-11-3-5-13(18-17-11)15-16-14(21-19-15)6-4-12-7-9-20(2)10-8-12/h3,5,12H,4,6-10H2,1-2H3. The van der Waals surface area contributed by atoms with Gasteiger partial charge in [0.05, 0.1) is 5.69 Å². The van der Waals surface area contributed by atoms with Crippen molar-refractivity contribution in [3.8, 4) is 11.5 Å². The molecule has 1 fully saturated rings. The van der Waals surface area contributed by atoms with Crippen molar-refractivity contribution in [1.29, 1.82) is 0 Å². The number of aromatic nitrogens is 4. The predicted molar refractivity (Wildman–Crippen MR) is 78.6 cm³/mol. The summed E-state index contributed by atoms with van der Waals surface area (Å²) in [5.41, 5.74) is 1.54. The number of rotatable bonds is 4. The molecule has 6 nitrogen and oxygen atoms in total. The Hall–Kier alpha value is -1.82. The Morgan fingerprint density at radius 1 is 1.24 bits per heavy atom. The number of nitrogens with zero attached hydrogens (tertiary/aromatic N) is 5. The third-order valence-corrected chi connectivity index (χ3v) is 4.10. The number of aryl methyl sites for hydroxylation is 2. The van der Waals surface area contributed by atoms with Gasteiger partial charge in [0.2, 0.25) is 11.7 Å². The minimum atomic E-state index is 0.529. The lowest BCUT2D eigenvalue weighted by molar-refractivity contribution is 0.209. The summed E-state index contributed by atoms with van der Waals surface area (Å²) >= 11 is 0. The molecule has 3 rings (SSSR count). The molecule has 1 aliphatic heterocycles. The molecule has 0 atom stereocenters. The Kier molecular flexibility index (Phi) is 4.24. The quantitative estimate of drug-likeness (QED) is 0.858. The van der Waals surface area contributed by atoms with Crippen LogP contribution in [0, 0.1) is 12.8 Å². The molecule has 1 aliphatic rings. The summed E-state index contributed by atoms with van der Waals surface area (Å²) in [6, 6.07) is 3.77. The van der Waals surface area contributed by atoms with E-state index >= 15 is 0 Å². The Morgan fingerprint density at radius 3 is 2.76 bits per heavy atom. The largest absolute Gasteiger partial charge is 0.339 e. The van der Waals surface area contributed by atoms with E-state index in [0.29, 0.717) is 17.4 Å². The zero-order valence-corrected chi connectivity index (χ0v) is 12.6. The van der Waals surface area contributed by atoms with Crippen LogP contribution in [0.4, 0.5) is 0 Å². The second-order valence-electron chi connectivity index (χ2n) is 5.86. The van der Waals surface area contributed by atoms with Gasteiger partial charge in [0.15, 0.2) is 0 Å². The summed E-state index contributed by atoms with van der Waals surface area (Å²) < 4.78 is 5.32. The van der Waals surface area contributed by atoms with Gasteiger partial charge in [0, 0.05) is 6.42 Å². The fourth-order valence-electron chi connectivity index (χ4n) is 2.66. The van der Waals surface area contributed by atoms with E-state index in [9.17, 15) is 0 Å². The molecule has 21 heavy (non-hydrogen) atoms. The van der Waals surface area contributed by atoms with Gasteiger partial charge < -0.3 is 9.42 Å². The average molecular weight is 287 g/mol. The summed E-state index contributed by atoms with van der Waals surface area (Å²) in [4.78, 5) is 6.81. The van der Waals surface area contributed by atoms with E-state index in [2.05, 4.69) is 32.3 Å². The molecule has 0 spiro atoms. The van der Waals surface area contributed by atoms with Crippen molar-refractivity contribution in [3.05, 3.63) is 23.7 Å². The van der Waals surface area contributed by atoms with Gasteiger partial charge >= 0.3 is 0 Å². The molecule has 1 saturated heterocycles. The molecule has 0 radical (unpaired) electrons. The van der Waals surface area contributed by atoms with E-state index in [0.717, 1.165) is 24.5 Å². The van der Waals surface area contributed by atoms with Gasteiger partial charge in [-0.1, -0.05) is 5.16 Å². The summed E-state index contributed by atoms with van der Waals surface area (Å²) in [7, 11) is 2.18. The molecular formula is C15H21N5O. The van der Waals surface area contributed by atoms with Gasteiger partial charge in [-0.3, -0.25) is 0 Å². The van der Waals surface area contributed by atoms with E-state index in [-0.39, 0.29) is 0 Å². The second kappa shape index (κ2) is 6.30. The van der Waals surface area contributed by atoms with E-state index in [1.54, 1.807) is 0 Å². The topological polar surface area (TPSA) is 67.9 Å². The van der Waals surface area contributed by atoms with Gasteiger partial charge in [-0.2, -0.15) is 10.1 Å². The molecule has 0 aliphatic carbocycles. The van der Waals surface area contributed by atoms with Crippen LogP contribution < -0.4 is 0 Å². The molecule has 0 bridgehead atoms. The maximum absolute atomic E-state index is 5.32. The fraction of sp³-hybridized carbons (Fsp3) is 0.600. The average Bonchev–Trinajstić information content (AvgIpc) is 2.96. The summed E-state index contributed by atoms with van der Waals surface area (Å²) in [5.74, 6) is 2.00. The van der Waals surface area contributed by atoms with Crippen LogP contribution in [-0.2, 0) is 6.42 Å². The lowest BCUT2D eigenvalue weighted by atomic mass is 9.92.